The average Bonchev–Trinajstić information content (AvgIpc) is 2.29. The molecule has 1 unspecified atom stereocenters. The van der Waals surface area contributed by atoms with E-state index in [1.54, 1.807) is 4.57 Å². The molecular weight excluding hydrogens is 230 g/mol. The molecule has 1 aliphatic carbocycles. The molecule has 1 N–H and O–H groups in total. The standard InChI is InChI=1S/C14H19NO3/c1-14(2)8-4-3-5-11(14)15-9-10(13(17)18)6-7-12(15)16/h6-7,9,11H,3-5,8H2,1-2H3,(H,17,18). The molecule has 18 heavy (non-hydrogen) atoms. The van der Waals surface area contributed by atoms with E-state index in [2.05, 4.69) is 13.8 Å². The first-order chi connectivity index (χ1) is 8.42. The summed E-state index contributed by atoms with van der Waals surface area (Å²) in [6, 6.07) is 2.82. The fraction of sp³-hybridized carbons (Fsp3) is 0.571. The molecule has 0 aliphatic heterocycles. The summed E-state index contributed by atoms with van der Waals surface area (Å²) in [5.41, 5.74) is 0.107. The Bertz CT molecular complexity index is 516. The zero-order valence-electron chi connectivity index (χ0n) is 10.8. The van der Waals surface area contributed by atoms with Crippen molar-refractivity contribution in [1.82, 2.24) is 4.57 Å². The molecule has 1 aliphatic rings. The number of carboxylic acid groups (broad SMARTS) is 1. The normalized spacial score (nSPS) is 22.7. The lowest BCUT2D eigenvalue weighted by Gasteiger charge is -2.39. The average molecular weight is 249 g/mol. The Kier molecular flexibility index (Phi) is 3.28. The molecule has 0 radical (unpaired) electrons. The first-order valence-corrected chi connectivity index (χ1v) is 6.37. The second kappa shape index (κ2) is 4.59. The van der Waals surface area contributed by atoms with Gasteiger partial charge in [-0.25, -0.2) is 4.79 Å². The Hall–Kier alpha value is -1.58. The summed E-state index contributed by atoms with van der Waals surface area (Å²) in [7, 11) is 0. The van der Waals surface area contributed by atoms with Gasteiger partial charge >= 0.3 is 5.97 Å². The van der Waals surface area contributed by atoms with Crippen LogP contribution in [-0.4, -0.2) is 15.6 Å². The van der Waals surface area contributed by atoms with Crippen molar-refractivity contribution in [3.05, 3.63) is 34.2 Å². The van der Waals surface area contributed by atoms with Gasteiger partial charge in [0.15, 0.2) is 0 Å². The number of hydrogen-bond donors (Lipinski definition) is 1. The van der Waals surface area contributed by atoms with E-state index in [9.17, 15) is 9.59 Å². The Morgan fingerprint density at radius 3 is 2.72 bits per heavy atom. The van der Waals surface area contributed by atoms with Crippen molar-refractivity contribution in [3.63, 3.8) is 0 Å². The number of pyridine rings is 1. The number of nitrogens with zero attached hydrogens (tertiary/aromatic N) is 1. The highest BCUT2D eigenvalue weighted by atomic mass is 16.4. The number of carbonyl (C=O) groups is 1. The van der Waals surface area contributed by atoms with Crippen LogP contribution >= 0.6 is 0 Å². The van der Waals surface area contributed by atoms with Crippen molar-refractivity contribution in [1.29, 1.82) is 0 Å². The number of hydrogen-bond acceptors (Lipinski definition) is 2. The van der Waals surface area contributed by atoms with Crippen LogP contribution in [0.2, 0.25) is 0 Å². The monoisotopic (exact) mass is 249 g/mol. The van der Waals surface area contributed by atoms with Crippen LogP contribution in [0.5, 0.6) is 0 Å². The maximum atomic E-state index is 12.0. The molecule has 1 heterocycles. The Labute approximate surface area is 106 Å². The van der Waals surface area contributed by atoms with Crippen molar-refractivity contribution in [2.24, 2.45) is 5.41 Å². The van der Waals surface area contributed by atoms with Crippen LogP contribution in [0.4, 0.5) is 0 Å². The van der Waals surface area contributed by atoms with Gasteiger partial charge in [-0.2, -0.15) is 0 Å². The van der Waals surface area contributed by atoms with Gasteiger partial charge in [-0.05, 0) is 24.3 Å². The van der Waals surface area contributed by atoms with E-state index in [-0.39, 0.29) is 22.6 Å². The highest BCUT2D eigenvalue weighted by molar-refractivity contribution is 5.87. The smallest absolute Gasteiger partial charge is 0.337 e. The molecule has 1 fully saturated rings. The van der Waals surface area contributed by atoms with Crippen LogP contribution in [-0.2, 0) is 0 Å². The summed E-state index contributed by atoms with van der Waals surface area (Å²) < 4.78 is 1.61. The third kappa shape index (κ3) is 2.33. The second-order valence-corrected chi connectivity index (χ2v) is 5.72. The van der Waals surface area contributed by atoms with Gasteiger partial charge in [-0.1, -0.05) is 26.7 Å². The molecule has 0 aromatic carbocycles. The van der Waals surface area contributed by atoms with Crippen molar-refractivity contribution < 1.29 is 9.90 Å². The van der Waals surface area contributed by atoms with Gasteiger partial charge in [-0.15, -0.1) is 0 Å². The molecule has 4 nitrogen and oxygen atoms in total. The lowest BCUT2D eigenvalue weighted by Crippen LogP contribution is -2.36. The van der Waals surface area contributed by atoms with Crippen molar-refractivity contribution >= 4 is 5.97 Å². The number of rotatable bonds is 2. The van der Waals surface area contributed by atoms with Gasteiger partial charge in [-0.3, -0.25) is 4.79 Å². The lowest BCUT2D eigenvalue weighted by atomic mass is 9.73. The van der Waals surface area contributed by atoms with E-state index in [0.29, 0.717) is 0 Å². The molecule has 1 atom stereocenters. The summed E-state index contributed by atoms with van der Waals surface area (Å²) in [6.07, 6.45) is 5.77. The second-order valence-electron chi connectivity index (χ2n) is 5.72. The van der Waals surface area contributed by atoms with Crippen LogP contribution in [0.3, 0.4) is 0 Å². The molecule has 98 valence electrons. The van der Waals surface area contributed by atoms with Crippen LogP contribution in [0.15, 0.2) is 23.1 Å². The van der Waals surface area contributed by atoms with Crippen LogP contribution in [0, 0.1) is 5.41 Å². The Morgan fingerprint density at radius 2 is 2.11 bits per heavy atom. The van der Waals surface area contributed by atoms with Crippen LogP contribution in [0.25, 0.3) is 0 Å². The fourth-order valence-corrected chi connectivity index (χ4v) is 2.86. The summed E-state index contributed by atoms with van der Waals surface area (Å²) in [5, 5.41) is 9.01. The largest absolute Gasteiger partial charge is 0.478 e. The third-order valence-corrected chi connectivity index (χ3v) is 3.97. The van der Waals surface area contributed by atoms with Gasteiger partial charge in [0.25, 0.3) is 5.56 Å². The SMILES string of the molecule is CC1(C)CCCCC1n1cc(C(=O)O)ccc1=O. The molecule has 1 aromatic heterocycles. The third-order valence-electron chi connectivity index (χ3n) is 3.97. The van der Waals surface area contributed by atoms with E-state index in [4.69, 9.17) is 5.11 Å². The van der Waals surface area contributed by atoms with Gasteiger partial charge in [0.2, 0.25) is 0 Å². The summed E-state index contributed by atoms with van der Waals surface area (Å²) in [5.74, 6) is -0.989. The van der Waals surface area contributed by atoms with Crippen molar-refractivity contribution in [3.8, 4) is 0 Å². The molecule has 2 rings (SSSR count). The Balaban J connectivity index is 2.46. The van der Waals surface area contributed by atoms with Crippen molar-refractivity contribution in [2.75, 3.05) is 0 Å². The van der Waals surface area contributed by atoms with E-state index in [1.807, 2.05) is 0 Å². The van der Waals surface area contributed by atoms with Crippen LogP contribution in [0.1, 0.15) is 55.9 Å². The molecule has 1 saturated carbocycles. The quantitative estimate of drug-likeness (QED) is 0.876. The molecule has 0 bridgehead atoms. The van der Waals surface area contributed by atoms with E-state index >= 15 is 0 Å². The maximum absolute atomic E-state index is 12.0. The van der Waals surface area contributed by atoms with Gasteiger partial charge in [0.05, 0.1) is 5.56 Å². The minimum absolute atomic E-state index is 0.0409. The lowest BCUT2D eigenvalue weighted by molar-refractivity contribution is 0.0693. The molecule has 0 saturated heterocycles. The predicted octanol–water partition coefficient (Wildman–Crippen LogP) is 2.69. The molecule has 4 heteroatoms. The van der Waals surface area contributed by atoms with Gasteiger partial charge < -0.3 is 9.67 Å². The zero-order chi connectivity index (χ0) is 13.3. The Morgan fingerprint density at radius 1 is 1.39 bits per heavy atom. The number of aromatic nitrogens is 1. The van der Waals surface area contributed by atoms with Crippen molar-refractivity contribution in [2.45, 2.75) is 45.6 Å². The maximum Gasteiger partial charge on any atom is 0.337 e. The predicted molar refractivity (Wildman–Crippen MR) is 68.9 cm³/mol. The first-order valence-electron chi connectivity index (χ1n) is 6.37. The molecule has 0 amide bonds. The van der Waals surface area contributed by atoms with E-state index < -0.39 is 5.97 Å². The summed E-state index contributed by atoms with van der Waals surface area (Å²) in [6.45, 7) is 4.30. The summed E-state index contributed by atoms with van der Waals surface area (Å²) >= 11 is 0. The zero-order valence-corrected chi connectivity index (χ0v) is 10.8. The highest BCUT2D eigenvalue weighted by Gasteiger charge is 2.34. The molecule has 0 spiro atoms. The highest BCUT2D eigenvalue weighted by Crippen LogP contribution is 2.43. The fourth-order valence-electron chi connectivity index (χ4n) is 2.86. The first kappa shape index (κ1) is 12.9. The number of carboxylic acids is 1. The van der Waals surface area contributed by atoms with Gasteiger partial charge in [0, 0.05) is 18.3 Å². The topological polar surface area (TPSA) is 59.3 Å². The minimum Gasteiger partial charge on any atom is -0.478 e. The molecular formula is C14H19NO3. The number of aromatic carboxylic acids is 1. The van der Waals surface area contributed by atoms with Crippen LogP contribution < -0.4 is 5.56 Å². The van der Waals surface area contributed by atoms with E-state index in [1.165, 1.54) is 24.8 Å². The summed E-state index contributed by atoms with van der Waals surface area (Å²) in [4.78, 5) is 22.9. The minimum atomic E-state index is -0.989. The molecule has 1 aromatic rings. The van der Waals surface area contributed by atoms with Gasteiger partial charge in [0.1, 0.15) is 0 Å². The van der Waals surface area contributed by atoms with E-state index in [0.717, 1.165) is 19.3 Å².